The molecule has 3 aliphatic carbocycles. The first-order valence-electron chi connectivity index (χ1n) is 12.2. The Morgan fingerprint density at radius 1 is 0.741 bits per heavy atom. The Kier molecular flexibility index (Phi) is 13.0. The van der Waals surface area contributed by atoms with Crippen LogP contribution in [0.3, 0.4) is 0 Å². The average molecular weight is 500 g/mol. The molecule has 0 unspecified atom stereocenters. The standard InChI is InChI=1S/C6H12OS.3C6H11.Sn/c1-3-4-5-7-6(2)8;3*1-2-4-6-5-3-1;/h3-5H2,1-2H3;3*1H,2-6H2;. The predicted octanol–water partition coefficient (Wildman–Crippen LogP) is 8.63. The molecule has 0 aromatic rings. The van der Waals surface area contributed by atoms with Gasteiger partial charge in [-0.3, -0.25) is 0 Å². The molecule has 0 aliphatic heterocycles. The molecule has 3 saturated carbocycles. The Morgan fingerprint density at radius 3 is 1.41 bits per heavy atom. The maximum Gasteiger partial charge on any atom is 0.156 e. The van der Waals surface area contributed by atoms with Crippen LogP contribution in [0, 0.1) is 0 Å². The van der Waals surface area contributed by atoms with Crippen LogP contribution in [0.1, 0.15) is 123 Å². The molecule has 0 saturated heterocycles. The summed E-state index contributed by atoms with van der Waals surface area (Å²) in [6.45, 7) is 4.71. The quantitative estimate of drug-likeness (QED) is 0.205. The van der Waals surface area contributed by atoms with Crippen LogP contribution in [0.25, 0.3) is 0 Å². The summed E-state index contributed by atoms with van der Waals surface area (Å²) >= 11 is 3.54. The second-order valence-corrected chi connectivity index (χ2v) is 19.6. The topological polar surface area (TPSA) is 9.23 Å². The van der Waals surface area contributed by atoms with E-state index in [9.17, 15) is 0 Å². The zero-order valence-corrected chi connectivity index (χ0v) is 21.9. The third-order valence-corrected chi connectivity index (χ3v) is 20.2. The normalized spacial score (nSPS) is 22.9. The van der Waals surface area contributed by atoms with Gasteiger partial charge >= 0.3 is 128 Å². The predicted molar refractivity (Wildman–Crippen MR) is 125 cm³/mol. The summed E-state index contributed by atoms with van der Waals surface area (Å²) in [5.41, 5.74) is 0. The van der Waals surface area contributed by atoms with Crippen molar-refractivity contribution in [2.24, 2.45) is 0 Å². The van der Waals surface area contributed by atoms with Gasteiger partial charge in [0.1, 0.15) is 0 Å². The van der Waals surface area contributed by atoms with E-state index in [0.29, 0.717) is 5.05 Å². The Hall–Kier alpha value is 0.689. The second-order valence-electron chi connectivity index (χ2n) is 9.20. The molecule has 0 heterocycles. The smallest absolute Gasteiger partial charge is 0.156 e. The molecule has 0 aromatic carbocycles. The van der Waals surface area contributed by atoms with Crippen LogP contribution < -0.4 is 0 Å². The van der Waals surface area contributed by atoms with E-state index in [4.69, 9.17) is 4.74 Å². The van der Waals surface area contributed by atoms with Crippen LogP contribution in [0.2, 0.25) is 11.8 Å². The van der Waals surface area contributed by atoms with Crippen molar-refractivity contribution in [1.29, 1.82) is 0 Å². The minimum absolute atomic E-state index is 0.651. The molecule has 0 spiro atoms. The van der Waals surface area contributed by atoms with Gasteiger partial charge in [0.2, 0.25) is 0 Å². The number of rotatable bonds is 6. The van der Waals surface area contributed by atoms with E-state index < -0.39 is 19.8 Å². The Bertz CT molecular complexity index is 339. The van der Waals surface area contributed by atoms with Gasteiger partial charge in [-0.1, -0.05) is 13.3 Å². The molecule has 27 heavy (non-hydrogen) atoms. The molecular weight excluding hydrogens is 455 g/mol. The summed E-state index contributed by atoms with van der Waals surface area (Å²) in [6, 6.07) is 0. The van der Waals surface area contributed by atoms with Crippen molar-refractivity contribution in [3.05, 3.63) is 0 Å². The minimum Gasteiger partial charge on any atom is -0.487 e. The fourth-order valence-electron chi connectivity index (χ4n) is 5.67. The van der Waals surface area contributed by atoms with Gasteiger partial charge in [0, 0.05) is 6.92 Å². The molecule has 3 rings (SSSR count). The largest absolute Gasteiger partial charge is 0.487 e. The Balaban J connectivity index is 0.000000279. The average Bonchev–Trinajstić information content (AvgIpc) is 2.71. The van der Waals surface area contributed by atoms with Gasteiger partial charge in [0.25, 0.3) is 0 Å². The number of ether oxygens (including phenoxy) is 1. The van der Waals surface area contributed by atoms with E-state index in [2.05, 4.69) is 19.1 Å². The SMILES string of the molecule is C1CC[CH]([Sn]([CH]2CCCCC2)[CH]2CCCCC2)CC1.CCCCOC(C)=S. The first kappa shape index (κ1) is 24.0. The molecule has 1 radical (unpaired) electrons. The summed E-state index contributed by atoms with van der Waals surface area (Å²) in [4.78, 5) is 0. The van der Waals surface area contributed by atoms with Crippen molar-refractivity contribution in [2.75, 3.05) is 6.61 Å². The molecule has 157 valence electrons. The molecule has 0 aromatic heterocycles. The minimum atomic E-state index is -1.15. The number of hydrogen-bond donors (Lipinski definition) is 0. The van der Waals surface area contributed by atoms with Gasteiger partial charge in [-0.2, -0.15) is 0 Å². The van der Waals surface area contributed by atoms with Gasteiger partial charge < -0.3 is 4.74 Å². The Labute approximate surface area is 182 Å². The summed E-state index contributed by atoms with van der Waals surface area (Å²) in [6.07, 6.45) is 26.5. The molecule has 0 bridgehead atoms. The molecule has 0 amide bonds. The molecular formula is C24H45OSSn. The summed E-state index contributed by atoms with van der Waals surface area (Å²) in [5, 5.41) is 0.651. The third kappa shape index (κ3) is 9.36. The van der Waals surface area contributed by atoms with Gasteiger partial charge in [0.15, 0.2) is 5.05 Å². The molecule has 3 aliphatic rings. The van der Waals surface area contributed by atoms with E-state index in [0.717, 1.165) is 13.0 Å². The molecule has 0 N–H and O–H groups in total. The van der Waals surface area contributed by atoms with Crippen molar-refractivity contribution < 1.29 is 4.74 Å². The maximum absolute atomic E-state index is 5.01. The monoisotopic (exact) mass is 501 g/mol. The van der Waals surface area contributed by atoms with E-state index in [1.807, 2.05) is 0 Å². The van der Waals surface area contributed by atoms with Crippen molar-refractivity contribution in [3.8, 4) is 0 Å². The van der Waals surface area contributed by atoms with E-state index in [1.165, 1.54) is 18.2 Å². The van der Waals surface area contributed by atoms with E-state index in [-0.39, 0.29) is 0 Å². The van der Waals surface area contributed by atoms with Crippen LogP contribution in [-0.4, -0.2) is 31.4 Å². The van der Waals surface area contributed by atoms with E-state index in [1.54, 1.807) is 103 Å². The van der Waals surface area contributed by atoms with Crippen LogP contribution in [0.15, 0.2) is 0 Å². The van der Waals surface area contributed by atoms with Crippen molar-refractivity contribution in [3.63, 3.8) is 0 Å². The zero-order valence-electron chi connectivity index (χ0n) is 18.3. The fourth-order valence-corrected chi connectivity index (χ4v) is 20.7. The van der Waals surface area contributed by atoms with Crippen LogP contribution >= 0.6 is 12.2 Å². The van der Waals surface area contributed by atoms with Crippen molar-refractivity contribution in [2.45, 2.75) is 135 Å². The molecule has 1 nitrogen and oxygen atoms in total. The molecule has 0 atom stereocenters. The second kappa shape index (κ2) is 14.6. The molecule has 3 heteroatoms. The van der Waals surface area contributed by atoms with Gasteiger partial charge in [-0.25, -0.2) is 0 Å². The van der Waals surface area contributed by atoms with Gasteiger partial charge in [0.05, 0.1) is 6.61 Å². The third-order valence-electron chi connectivity index (χ3n) is 7.03. The van der Waals surface area contributed by atoms with Crippen LogP contribution in [0.5, 0.6) is 0 Å². The van der Waals surface area contributed by atoms with Crippen molar-refractivity contribution in [1.82, 2.24) is 0 Å². The number of hydrogen-bond acceptors (Lipinski definition) is 2. The van der Waals surface area contributed by atoms with Crippen LogP contribution in [-0.2, 0) is 4.74 Å². The number of unbranched alkanes of at least 4 members (excludes halogenated alkanes) is 1. The van der Waals surface area contributed by atoms with Gasteiger partial charge in [-0.15, -0.1) is 0 Å². The zero-order chi connectivity index (χ0) is 19.3. The summed E-state index contributed by atoms with van der Waals surface area (Å²) in [5.74, 6) is 0. The maximum atomic E-state index is 5.01. The first-order chi connectivity index (χ1) is 13.2. The summed E-state index contributed by atoms with van der Waals surface area (Å²) in [7, 11) is 0. The number of thiocarbonyl (C=S) groups is 1. The first-order valence-corrected chi connectivity index (χ1v) is 17.6. The van der Waals surface area contributed by atoms with Crippen LogP contribution in [0.4, 0.5) is 0 Å². The fraction of sp³-hybridized carbons (Fsp3) is 0.958. The van der Waals surface area contributed by atoms with Gasteiger partial charge in [-0.05, 0) is 18.6 Å². The molecule has 3 fully saturated rings. The Morgan fingerprint density at radius 2 is 1.11 bits per heavy atom. The van der Waals surface area contributed by atoms with E-state index >= 15 is 0 Å². The van der Waals surface area contributed by atoms with Crippen molar-refractivity contribution >= 4 is 37.0 Å². The summed E-state index contributed by atoms with van der Waals surface area (Å²) < 4.78 is 8.98.